The molecule has 140 valence electrons. The Morgan fingerprint density at radius 2 is 1.67 bits per heavy atom. The molecule has 0 aromatic heterocycles. The largest absolute Gasteiger partial charge is 0.480 e. The van der Waals surface area contributed by atoms with Gasteiger partial charge in [-0.1, -0.05) is 11.6 Å². The Labute approximate surface area is 160 Å². The summed E-state index contributed by atoms with van der Waals surface area (Å²) < 4.78 is 15.0. The number of esters is 2. The number of carbonyl (C=O) groups is 3. The Hall–Kier alpha value is -3.06. The quantitative estimate of drug-likeness (QED) is 0.808. The van der Waals surface area contributed by atoms with Gasteiger partial charge in [-0.05, 0) is 42.0 Å². The average molecular weight is 390 g/mol. The lowest BCUT2D eigenvalue weighted by Gasteiger charge is -2.13. The van der Waals surface area contributed by atoms with Gasteiger partial charge in [0, 0.05) is 17.1 Å². The van der Waals surface area contributed by atoms with Crippen LogP contribution in [0.4, 0.5) is 5.69 Å². The third kappa shape index (κ3) is 4.03. The lowest BCUT2D eigenvalue weighted by Crippen LogP contribution is -2.31. The number of nitrogens with one attached hydrogen (secondary N) is 1. The molecule has 0 saturated carbocycles. The lowest BCUT2D eigenvalue weighted by molar-refractivity contribution is -0.122. The molecule has 1 aliphatic heterocycles. The van der Waals surface area contributed by atoms with Crippen LogP contribution in [-0.2, 0) is 20.7 Å². The summed E-state index contributed by atoms with van der Waals surface area (Å²) in [5, 5.41) is 3.22. The van der Waals surface area contributed by atoms with Crippen LogP contribution >= 0.6 is 11.6 Å². The topological polar surface area (TPSA) is 90.9 Å². The molecule has 1 unspecified atom stereocenters. The zero-order valence-corrected chi connectivity index (χ0v) is 15.3. The summed E-state index contributed by atoms with van der Waals surface area (Å²) in [5.41, 5.74) is 1.30. The summed E-state index contributed by atoms with van der Waals surface area (Å²) >= 11 is 5.96. The van der Waals surface area contributed by atoms with Crippen molar-refractivity contribution in [1.82, 2.24) is 0 Å². The monoisotopic (exact) mass is 389 g/mol. The Morgan fingerprint density at radius 1 is 1.04 bits per heavy atom. The minimum atomic E-state index is -0.748. The van der Waals surface area contributed by atoms with Crippen LogP contribution in [0.1, 0.15) is 26.3 Å². The molecule has 3 rings (SSSR count). The number of amides is 1. The second-order valence-electron chi connectivity index (χ2n) is 5.83. The average Bonchev–Trinajstić information content (AvgIpc) is 3.09. The highest BCUT2D eigenvalue weighted by molar-refractivity contribution is 6.30. The Bertz CT molecular complexity index is 892. The van der Waals surface area contributed by atoms with Gasteiger partial charge in [0.25, 0.3) is 5.91 Å². The summed E-state index contributed by atoms with van der Waals surface area (Å²) in [7, 11) is 2.44. The van der Waals surface area contributed by atoms with E-state index in [1.807, 2.05) is 0 Å². The number of hydrogen-bond donors (Lipinski definition) is 1. The normalized spacial score (nSPS) is 14.7. The third-order valence-electron chi connectivity index (χ3n) is 4.03. The van der Waals surface area contributed by atoms with Crippen LogP contribution in [0.2, 0.25) is 5.02 Å². The number of anilines is 1. The summed E-state index contributed by atoms with van der Waals surface area (Å²) in [6.07, 6.45) is -0.385. The number of benzene rings is 2. The van der Waals surface area contributed by atoms with E-state index in [1.54, 1.807) is 18.2 Å². The third-order valence-corrected chi connectivity index (χ3v) is 4.27. The predicted molar refractivity (Wildman–Crippen MR) is 97.3 cm³/mol. The van der Waals surface area contributed by atoms with Crippen LogP contribution in [0.25, 0.3) is 0 Å². The van der Waals surface area contributed by atoms with E-state index in [9.17, 15) is 14.4 Å². The Morgan fingerprint density at radius 3 is 2.26 bits per heavy atom. The van der Waals surface area contributed by atoms with E-state index in [1.165, 1.54) is 32.4 Å². The van der Waals surface area contributed by atoms with Crippen LogP contribution < -0.4 is 10.1 Å². The fraction of sp³-hybridized carbons (Fsp3) is 0.211. The first-order chi connectivity index (χ1) is 12.9. The molecule has 1 N–H and O–H groups in total. The molecule has 0 aliphatic carbocycles. The van der Waals surface area contributed by atoms with Gasteiger partial charge in [-0.15, -0.1) is 0 Å². The smallest absolute Gasteiger partial charge is 0.337 e. The van der Waals surface area contributed by atoms with Crippen molar-refractivity contribution in [3.8, 4) is 5.75 Å². The molecule has 0 radical (unpaired) electrons. The Kier molecular flexibility index (Phi) is 5.32. The van der Waals surface area contributed by atoms with Crippen molar-refractivity contribution in [2.24, 2.45) is 0 Å². The molecule has 0 saturated heterocycles. The van der Waals surface area contributed by atoms with Gasteiger partial charge in [-0.25, -0.2) is 9.59 Å². The second-order valence-corrected chi connectivity index (χ2v) is 6.27. The minimum Gasteiger partial charge on any atom is -0.480 e. The SMILES string of the molecule is COC(=O)c1cc(NC(=O)C2Cc3cc(Cl)ccc3O2)cc(C(=O)OC)c1. The summed E-state index contributed by atoms with van der Waals surface area (Å²) in [5.74, 6) is -1.11. The van der Waals surface area contributed by atoms with E-state index in [0.717, 1.165) is 5.56 Å². The lowest BCUT2D eigenvalue weighted by atomic mass is 10.1. The van der Waals surface area contributed by atoms with Crippen LogP contribution in [-0.4, -0.2) is 38.2 Å². The van der Waals surface area contributed by atoms with Gasteiger partial charge in [-0.2, -0.15) is 0 Å². The molecule has 0 bridgehead atoms. The van der Waals surface area contributed by atoms with E-state index in [2.05, 4.69) is 14.8 Å². The van der Waals surface area contributed by atoms with Gasteiger partial charge in [0.05, 0.1) is 25.3 Å². The van der Waals surface area contributed by atoms with Crippen molar-refractivity contribution in [3.05, 3.63) is 58.1 Å². The molecule has 2 aromatic rings. The maximum atomic E-state index is 12.6. The van der Waals surface area contributed by atoms with Gasteiger partial charge in [-0.3, -0.25) is 4.79 Å². The van der Waals surface area contributed by atoms with E-state index < -0.39 is 23.9 Å². The van der Waals surface area contributed by atoms with E-state index in [0.29, 0.717) is 17.2 Å². The molecule has 1 heterocycles. The highest BCUT2D eigenvalue weighted by Crippen LogP contribution is 2.31. The van der Waals surface area contributed by atoms with Crippen LogP contribution in [0, 0.1) is 0 Å². The maximum Gasteiger partial charge on any atom is 0.337 e. The van der Waals surface area contributed by atoms with Crippen molar-refractivity contribution >= 4 is 35.1 Å². The zero-order chi connectivity index (χ0) is 19.6. The maximum absolute atomic E-state index is 12.6. The molecular formula is C19H16ClNO6. The first-order valence-electron chi connectivity index (χ1n) is 7.99. The van der Waals surface area contributed by atoms with Crippen LogP contribution in [0.3, 0.4) is 0 Å². The van der Waals surface area contributed by atoms with Gasteiger partial charge in [0.15, 0.2) is 6.10 Å². The van der Waals surface area contributed by atoms with E-state index in [4.69, 9.17) is 16.3 Å². The number of fused-ring (bicyclic) bond motifs is 1. The molecular weight excluding hydrogens is 374 g/mol. The first kappa shape index (κ1) is 18.7. The number of rotatable bonds is 4. The Balaban J connectivity index is 1.81. The summed E-state index contributed by atoms with van der Waals surface area (Å²) in [4.78, 5) is 36.2. The van der Waals surface area contributed by atoms with Crippen LogP contribution in [0.5, 0.6) is 5.75 Å². The van der Waals surface area contributed by atoms with Crippen LogP contribution in [0.15, 0.2) is 36.4 Å². The van der Waals surface area contributed by atoms with Crippen molar-refractivity contribution in [2.75, 3.05) is 19.5 Å². The molecule has 1 atom stereocenters. The molecule has 1 aliphatic rings. The highest BCUT2D eigenvalue weighted by Gasteiger charge is 2.29. The molecule has 2 aromatic carbocycles. The van der Waals surface area contributed by atoms with Gasteiger partial charge < -0.3 is 19.5 Å². The van der Waals surface area contributed by atoms with Crippen molar-refractivity contribution in [2.45, 2.75) is 12.5 Å². The van der Waals surface area contributed by atoms with Gasteiger partial charge >= 0.3 is 11.9 Å². The molecule has 0 fully saturated rings. The zero-order valence-electron chi connectivity index (χ0n) is 14.6. The molecule has 8 heteroatoms. The minimum absolute atomic E-state index is 0.109. The molecule has 7 nitrogen and oxygen atoms in total. The summed E-state index contributed by atoms with van der Waals surface area (Å²) in [6.45, 7) is 0. The van der Waals surface area contributed by atoms with Gasteiger partial charge in [0.2, 0.25) is 0 Å². The van der Waals surface area contributed by atoms with E-state index >= 15 is 0 Å². The fourth-order valence-electron chi connectivity index (χ4n) is 2.76. The highest BCUT2D eigenvalue weighted by atomic mass is 35.5. The number of ether oxygens (including phenoxy) is 3. The van der Waals surface area contributed by atoms with Crippen molar-refractivity contribution < 1.29 is 28.6 Å². The standard InChI is InChI=1S/C19H16ClNO6/c1-25-18(23)11-5-12(19(24)26-2)8-14(7-11)21-17(22)16-9-10-6-13(20)3-4-15(10)27-16/h3-8,16H,9H2,1-2H3,(H,21,22). The molecule has 27 heavy (non-hydrogen) atoms. The summed E-state index contributed by atoms with van der Waals surface area (Å²) in [6, 6.07) is 9.29. The fourth-order valence-corrected chi connectivity index (χ4v) is 2.95. The molecule has 0 spiro atoms. The van der Waals surface area contributed by atoms with E-state index in [-0.39, 0.29) is 16.8 Å². The number of methoxy groups -OCH3 is 2. The first-order valence-corrected chi connectivity index (χ1v) is 8.36. The number of hydrogen-bond acceptors (Lipinski definition) is 6. The van der Waals surface area contributed by atoms with Crippen molar-refractivity contribution in [1.29, 1.82) is 0 Å². The number of halogens is 1. The molecule has 1 amide bonds. The van der Waals surface area contributed by atoms with Crippen molar-refractivity contribution in [3.63, 3.8) is 0 Å². The number of carbonyl (C=O) groups excluding carboxylic acids is 3. The predicted octanol–water partition coefficient (Wildman–Crippen LogP) is 2.86. The second kappa shape index (κ2) is 7.67. The van der Waals surface area contributed by atoms with Gasteiger partial charge in [0.1, 0.15) is 5.75 Å².